The molecule has 0 unspecified atom stereocenters. The lowest BCUT2D eigenvalue weighted by Crippen LogP contribution is -2.37. The molecule has 1 N–H and O–H groups in total. The smallest absolute Gasteiger partial charge is 0.326 e. The molecular formula is C18H18N4O3. The van der Waals surface area contributed by atoms with Crippen LogP contribution in [0.15, 0.2) is 53.3 Å². The van der Waals surface area contributed by atoms with Crippen molar-refractivity contribution in [1.82, 2.24) is 9.55 Å². The van der Waals surface area contributed by atoms with Crippen molar-refractivity contribution >= 4 is 22.4 Å². The molecule has 7 heteroatoms. The van der Waals surface area contributed by atoms with E-state index in [1.165, 1.54) is 6.07 Å². The Hall–Kier alpha value is -3.09. The van der Waals surface area contributed by atoms with Crippen LogP contribution in [0.25, 0.3) is 11.0 Å². The number of nitro groups is 1. The molecule has 0 atom stereocenters. The number of hydrogen-bond acceptors (Lipinski definition) is 4. The van der Waals surface area contributed by atoms with E-state index in [1.807, 2.05) is 39.8 Å². The number of nitrogens with zero attached hydrogens (tertiary/aromatic N) is 3. The number of para-hydroxylation sites is 4. The predicted molar refractivity (Wildman–Crippen MR) is 96.1 cm³/mol. The van der Waals surface area contributed by atoms with E-state index in [-0.39, 0.29) is 22.3 Å². The minimum Gasteiger partial charge on any atom is -0.366 e. The maximum atomic E-state index is 12.3. The Bertz CT molecular complexity index is 983. The fourth-order valence-corrected chi connectivity index (χ4v) is 3.69. The van der Waals surface area contributed by atoms with Crippen LogP contribution in [0.2, 0.25) is 0 Å². The zero-order valence-electron chi connectivity index (χ0n) is 13.6. The Morgan fingerprint density at radius 1 is 1.04 bits per heavy atom. The highest BCUT2D eigenvalue weighted by molar-refractivity contribution is 5.75. The first-order chi connectivity index (χ1) is 12.1. The first-order valence-corrected chi connectivity index (χ1v) is 8.33. The van der Waals surface area contributed by atoms with Gasteiger partial charge in [-0.25, -0.2) is 4.79 Å². The van der Waals surface area contributed by atoms with Crippen LogP contribution in [0, 0.1) is 10.1 Å². The number of benzene rings is 2. The summed E-state index contributed by atoms with van der Waals surface area (Å²) in [7, 11) is 0. The van der Waals surface area contributed by atoms with Gasteiger partial charge in [0.15, 0.2) is 0 Å². The van der Waals surface area contributed by atoms with E-state index in [0.29, 0.717) is 18.8 Å². The number of aromatic amines is 1. The van der Waals surface area contributed by atoms with E-state index in [4.69, 9.17) is 0 Å². The van der Waals surface area contributed by atoms with E-state index in [1.54, 1.807) is 12.1 Å². The van der Waals surface area contributed by atoms with Gasteiger partial charge in [-0.05, 0) is 31.0 Å². The van der Waals surface area contributed by atoms with Crippen molar-refractivity contribution in [3.8, 4) is 0 Å². The molecule has 128 valence electrons. The van der Waals surface area contributed by atoms with Gasteiger partial charge < -0.3 is 9.88 Å². The Balaban J connectivity index is 1.59. The number of imidazole rings is 1. The van der Waals surface area contributed by atoms with E-state index in [9.17, 15) is 14.9 Å². The predicted octanol–water partition coefficient (Wildman–Crippen LogP) is 3.08. The van der Waals surface area contributed by atoms with Gasteiger partial charge >= 0.3 is 5.69 Å². The summed E-state index contributed by atoms with van der Waals surface area (Å²) < 4.78 is 1.83. The Kier molecular flexibility index (Phi) is 3.76. The number of piperidine rings is 1. The third-order valence-electron chi connectivity index (χ3n) is 4.87. The number of rotatable bonds is 3. The molecule has 25 heavy (non-hydrogen) atoms. The molecule has 7 nitrogen and oxygen atoms in total. The molecule has 1 saturated heterocycles. The van der Waals surface area contributed by atoms with Crippen LogP contribution in [-0.2, 0) is 0 Å². The van der Waals surface area contributed by atoms with Crippen molar-refractivity contribution in [2.45, 2.75) is 18.9 Å². The summed E-state index contributed by atoms with van der Waals surface area (Å²) >= 11 is 0. The fourth-order valence-electron chi connectivity index (χ4n) is 3.69. The monoisotopic (exact) mass is 338 g/mol. The van der Waals surface area contributed by atoms with E-state index in [0.717, 1.165) is 23.9 Å². The topological polar surface area (TPSA) is 84.2 Å². The summed E-state index contributed by atoms with van der Waals surface area (Å²) in [6, 6.07) is 14.6. The van der Waals surface area contributed by atoms with Crippen LogP contribution >= 0.6 is 0 Å². The van der Waals surface area contributed by atoms with Gasteiger partial charge in [-0.1, -0.05) is 24.3 Å². The molecule has 0 radical (unpaired) electrons. The quantitative estimate of drug-likeness (QED) is 0.587. The second kappa shape index (κ2) is 6.08. The van der Waals surface area contributed by atoms with Gasteiger partial charge in [-0.15, -0.1) is 0 Å². The third-order valence-corrected chi connectivity index (χ3v) is 4.87. The van der Waals surface area contributed by atoms with Crippen molar-refractivity contribution in [2.75, 3.05) is 18.0 Å². The minimum absolute atomic E-state index is 0.0923. The van der Waals surface area contributed by atoms with Crippen molar-refractivity contribution in [2.24, 2.45) is 0 Å². The maximum absolute atomic E-state index is 12.3. The standard InChI is InChI=1S/C18H18N4O3/c23-18-19-14-5-1-2-6-15(14)21(18)13-9-11-20(12-10-13)16-7-3-4-8-17(16)22(24)25/h1-8,13H,9-12H2,(H,19,23). The first kappa shape index (κ1) is 15.4. The number of hydrogen-bond donors (Lipinski definition) is 1. The molecule has 1 fully saturated rings. The summed E-state index contributed by atoms with van der Waals surface area (Å²) in [6.45, 7) is 1.36. The van der Waals surface area contributed by atoms with Crippen molar-refractivity contribution < 1.29 is 4.92 Å². The molecule has 1 aromatic heterocycles. The Morgan fingerprint density at radius 2 is 1.72 bits per heavy atom. The van der Waals surface area contributed by atoms with Crippen LogP contribution in [0.1, 0.15) is 18.9 Å². The lowest BCUT2D eigenvalue weighted by molar-refractivity contribution is -0.384. The average Bonchev–Trinajstić information content (AvgIpc) is 2.97. The van der Waals surface area contributed by atoms with Gasteiger partial charge in [0.2, 0.25) is 0 Å². The molecule has 0 bridgehead atoms. The number of nitro benzene ring substituents is 1. The third kappa shape index (κ3) is 2.67. The lowest BCUT2D eigenvalue weighted by Gasteiger charge is -2.33. The number of fused-ring (bicyclic) bond motifs is 1. The van der Waals surface area contributed by atoms with E-state index in [2.05, 4.69) is 4.98 Å². The van der Waals surface area contributed by atoms with Crippen LogP contribution in [0.3, 0.4) is 0 Å². The van der Waals surface area contributed by atoms with Gasteiger partial charge in [0.05, 0.1) is 16.0 Å². The molecule has 4 rings (SSSR count). The molecule has 2 heterocycles. The summed E-state index contributed by atoms with van der Waals surface area (Å²) in [5.74, 6) is 0. The molecule has 1 aliphatic rings. The molecule has 0 saturated carbocycles. The lowest BCUT2D eigenvalue weighted by atomic mass is 10.0. The van der Waals surface area contributed by atoms with Gasteiger partial charge in [0.1, 0.15) is 5.69 Å². The second-order valence-corrected chi connectivity index (χ2v) is 6.28. The average molecular weight is 338 g/mol. The zero-order valence-corrected chi connectivity index (χ0v) is 13.6. The van der Waals surface area contributed by atoms with Crippen LogP contribution in [0.4, 0.5) is 11.4 Å². The molecule has 3 aromatic rings. The zero-order chi connectivity index (χ0) is 17.4. The summed E-state index contributed by atoms with van der Waals surface area (Å²) in [6.07, 6.45) is 1.54. The summed E-state index contributed by atoms with van der Waals surface area (Å²) in [5.41, 5.74) is 2.44. The number of H-pyrrole nitrogens is 1. The van der Waals surface area contributed by atoms with Crippen molar-refractivity contribution in [3.63, 3.8) is 0 Å². The number of nitrogens with one attached hydrogen (secondary N) is 1. The molecule has 0 amide bonds. The second-order valence-electron chi connectivity index (χ2n) is 6.28. The largest absolute Gasteiger partial charge is 0.366 e. The van der Waals surface area contributed by atoms with Crippen molar-refractivity contribution in [1.29, 1.82) is 0 Å². The fraction of sp³-hybridized carbons (Fsp3) is 0.278. The van der Waals surface area contributed by atoms with Gasteiger partial charge in [0, 0.05) is 25.2 Å². The number of anilines is 1. The van der Waals surface area contributed by atoms with E-state index < -0.39 is 0 Å². The summed E-state index contributed by atoms with van der Waals surface area (Å²) in [4.78, 5) is 28.2. The van der Waals surface area contributed by atoms with E-state index >= 15 is 0 Å². The molecular weight excluding hydrogens is 320 g/mol. The van der Waals surface area contributed by atoms with Crippen LogP contribution < -0.4 is 10.6 Å². The number of aromatic nitrogens is 2. The van der Waals surface area contributed by atoms with Crippen LogP contribution in [0.5, 0.6) is 0 Å². The maximum Gasteiger partial charge on any atom is 0.326 e. The first-order valence-electron chi connectivity index (χ1n) is 8.33. The Labute approximate surface area is 143 Å². The molecule has 0 spiro atoms. The highest BCUT2D eigenvalue weighted by Gasteiger charge is 2.26. The molecule has 2 aromatic carbocycles. The van der Waals surface area contributed by atoms with Gasteiger partial charge in [0.25, 0.3) is 5.69 Å². The molecule has 1 aliphatic heterocycles. The highest BCUT2D eigenvalue weighted by Crippen LogP contribution is 2.32. The SMILES string of the molecule is O=c1[nH]c2ccccc2n1C1CCN(c2ccccc2[N+](=O)[O-])CC1. The highest BCUT2D eigenvalue weighted by atomic mass is 16.6. The molecule has 0 aliphatic carbocycles. The van der Waals surface area contributed by atoms with Gasteiger partial charge in [-0.3, -0.25) is 14.7 Å². The minimum atomic E-state index is -0.342. The Morgan fingerprint density at radius 3 is 2.48 bits per heavy atom. The van der Waals surface area contributed by atoms with Gasteiger partial charge in [-0.2, -0.15) is 0 Å². The normalized spacial score (nSPS) is 15.6. The van der Waals surface area contributed by atoms with Crippen LogP contribution in [-0.4, -0.2) is 27.6 Å². The summed E-state index contributed by atoms with van der Waals surface area (Å²) in [5, 5.41) is 11.2. The van der Waals surface area contributed by atoms with Crippen molar-refractivity contribution in [3.05, 3.63) is 69.1 Å².